The lowest BCUT2D eigenvalue weighted by atomic mass is 9.85. The number of hydrogen-bond acceptors (Lipinski definition) is 2. The number of benzene rings is 1. The van der Waals surface area contributed by atoms with Crippen molar-refractivity contribution in [3.8, 4) is 0 Å². The molecule has 3 atom stereocenters. The third kappa shape index (κ3) is 3.80. The van der Waals surface area contributed by atoms with Gasteiger partial charge in [-0.05, 0) is 38.7 Å². The summed E-state index contributed by atoms with van der Waals surface area (Å²) in [5.41, 5.74) is 2.53. The fourth-order valence-electron chi connectivity index (χ4n) is 2.87. The van der Waals surface area contributed by atoms with Crippen LogP contribution in [0.4, 0.5) is 0 Å². The number of carboxylic acid groups (broad SMARTS) is 1. The average molecular weight is 261 g/mol. The molecule has 0 aromatic heterocycles. The molecule has 2 unspecified atom stereocenters. The van der Waals surface area contributed by atoms with Crippen LogP contribution < -0.4 is 5.32 Å². The van der Waals surface area contributed by atoms with E-state index in [1.807, 2.05) is 0 Å². The highest BCUT2D eigenvalue weighted by Crippen LogP contribution is 2.26. The van der Waals surface area contributed by atoms with Crippen molar-refractivity contribution in [1.82, 2.24) is 5.32 Å². The Morgan fingerprint density at radius 3 is 2.63 bits per heavy atom. The van der Waals surface area contributed by atoms with E-state index >= 15 is 0 Å². The predicted octanol–water partition coefficient (Wildman–Crippen LogP) is 3.29. The Bertz CT molecular complexity index is 427. The monoisotopic (exact) mass is 261 g/mol. The second kappa shape index (κ2) is 6.20. The summed E-state index contributed by atoms with van der Waals surface area (Å²) in [6.07, 6.45) is 3.67. The highest BCUT2D eigenvalue weighted by atomic mass is 16.4. The van der Waals surface area contributed by atoms with Crippen LogP contribution in [0.1, 0.15) is 49.8 Å². The minimum absolute atomic E-state index is 0.170. The van der Waals surface area contributed by atoms with Gasteiger partial charge in [0, 0.05) is 12.1 Å². The molecule has 0 aliphatic heterocycles. The second-order valence-corrected chi connectivity index (χ2v) is 5.70. The maximum Gasteiger partial charge on any atom is 0.306 e. The van der Waals surface area contributed by atoms with Crippen LogP contribution in [0.2, 0.25) is 0 Å². The number of carbonyl (C=O) groups is 1. The number of nitrogens with one attached hydrogen (secondary N) is 1. The third-order valence-corrected chi connectivity index (χ3v) is 4.09. The fraction of sp³-hybridized carbons (Fsp3) is 0.562. The Hall–Kier alpha value is -1.35. The highest BCUT2D eigenvalue weighted by Gasteiger charge is 2.27. The summed E-state index contributed by atoms with van der Waals surface area (Å²) in [6.45, 7) is 4.23. The van der Waals surface area contributed by atoms with E-state index in [1.54, 1.807) is 0 Å². The van der Waals surface area contributed by atoms with Crippen molar-refractivity contribution in [2.45, 2.75) is 51.6 Å². The third-order valence-electron chi connectivity index (χ3n) is 4.09. The van der Waals surface area contributed by atoms with Crippen LogP contribution in [0.15, 0.2) is 24.3 Å². The van der Waals surface area contributed by atoms with Gasteiger partial charge in [0.15, 0.2) is 0 Å². The molecule has 104 valence electrons. The summed E-state index contributed by atoms with van der Waals surface area (Å²) >= 11 is 0. The molecule has 2 N–H and O–H groups in total. The lowest BCUT2D eigenvalue weighted by Gasteiger charge is -2.30. The molecule has 0 heterocycles. The molecule has 3 nitrogen and oxygen atoms in total. The molecule has 1 aliphatic carbocycles. The molecule has 0 saturated heterocycles. The Morgan fingerprint density at radius 2 is 2.00 bits per heavy atom. The lowest BCUT2D eigenvalue weighted by molar-refractivity contribution is -0.143. The molecule has 2 rings (SSSR count). The van der Waals surface area contributed by atoms with Crippen LogP contribution in [0, 0.1) is 12.8 Å². The zero-order valence-electron chi connectivity index (χ0n) is 11.7. The Kier molecular flexibility index (Phi) is 4.59. The smallest absolute Gasteiger partial charge is 0.306 e. The normalized spacial score (nSPS) is 24.9. The van der Waals surface area contributed by atoms with Gasteiger partial charge in [-0.25, -0.2) is 0 Å². The van der Waals surface area contributed by atoms with Gasteiger partial charge in [-0.1, -0.05) is 36.2 Å². The first-order chi connectivity index (χ1) is 9.06. The first-order valence-corrected chi connectivity index (χ1v) is 7.11. The molecule has 1 fully saturated rings. The summed E-state index contributed by atoms with van der Waals surface area (Å²) in [5, 5.41) is 12.7. The summed E-state index contributed by atoms with van der Waals surface area (Å²) < 4.78 is 0. The molecular weight excluding hydrogens is 238 g/mol. The van der Waals surface area contributed by atoms with Gasteiger partial charge >= 0.3 is 5.97 Å². The van der Waals surface area contributed by atoms with E-state index < -0.39 is 5.97 Å². The quantitative estimate of drug-likeness (QED) is 0.874. The standard InChI is InChI=1S/C16H23NO2/c1-11-6-8-13(9-7-11)12(2)17-15-5-3-4-14(10-15)16(18)19/h6-9,12,14-15,17H,3-5,10H2,1-2H3,(H,18,19)/t12-,14?,15?/m1/s1. The van der Waals surface area contributed by atoms with E-state index in [2.05, 4.69) is 43.4 Å². The molecule has 1 aromatic rings. The van der Waals surface area contributed by atoms with Crippen molar-refractivity contribution in [2.75, 3.05) is 0 Å². The summed E-state index contributed by atoms with van der Waals surface area (Å²) in [7, 11) is 0. The Morgan fingerprint density at radius 1 is 1.32 bits per heavy atom. The van der Waals surface area contributed by atoms with Crippen molar-refractivity contribution >= 4 is 5.97 Å². The van der Waals surface area contributed by atoms with Crippen LogP contribution in [0.3, 0.4) is 0 Å². The summed E-state index contributed by atoms with van der Waals surface area (Å²) in [4.78, 5) is 11.1. The average Bonchev–Trinajstić information content (AvgIpc) is 2.39. The van der Waals surface area contributed by atoms with Crippen LogP contribution in [0.5, 0.6) is 0 Å². The molecule has 0 amide bonds. The topological polar surface area (TPSA) is 49.3 Å². The second-order valence-electron chi connectivity index (χ2n) is 5.70. The minimum Gasteiger partial charge on any atom is -0.481 e. The number of aliphatic carboxylic acids is 1. The number of rotatable bonds is 4. The first kappa shape index (κ1) is 14.1. The molecule has 0 bridgehead atoms. The van der Waals surface area contributed by atoms with E-state index in [-0.39, 0.29) is 12.0 Å². The van der Waals surface area contributed by atoms with Crippen LogP contribution in [-0.4, -0.2) is 17.1 Å². The molecule has 19 heavy (non-hydrogen) atoms. The molecule has 0 radical (unpaired) electrons. The van der Waals surface area contributed by atoms with Crippen LogP contribution in [0.25, 0.3) is 0 Å². The molecule has 3 heteroatoms. The van der Waals surface area contributed by atoms with E-state index in [9.17, 15) is 4.79 Å². The number of carboxylic acids is 1. The number of aryl methyl sites for hydroxylation is 1. The van der Waals surface area contributed by atoms with Crippen LogP contribution >= 0.6 is 0 Å². The van der Waals surface area contributed by atoms with Crippen molar-refractivity contribution < 1.29 is 9.90 Å². The molecule has 0 spiro atoms. The molecule has 1 aliphatic rings. The summed E-state index contributed by atoms with van der Waals surface area (Å²) in [5.74, 6) is -0.814. The SMILES string of the molecule is Cc1ccc([C@@H](C)NC2CCCC(C(=O)O)C2)cc1. The molecule has 1 aromatic carbocycles. The van der Waals surface area contributed by atoms with Crippen LogP contribution in [-0.2, 0) is 4.79 Å². The maximum atomic E-state index is 11.1. The zero-order valence-corrected chi connectivity index (χ0v) is 11.7. The van der Waals surface area contributed by atoms with Gasteiger partial charge in [0.2, 0.25) is 0 Å². The van der Waals surface area contributed by atoms with Gasteiger partial charge in [0.05, 0.1) is 5.92 Å². The predicted molar refractivity (Wildman–Crippen MR) is 76.1 cm³/mol. The van der Waals surface area contributed by atoms with Crippen molar-refractivity contribution in [3.05, 3.63) is 35.4 Å². The first-order valence-electron chi connectivity index (χ1n) is 7.11. The van der Waals surface area contributed by atoms with Gasteiger partial charge in [0.1, 0.15) is 0 Å². The van der Waals surface area contributed by atoms with Gasteiger partial charge in [-0.2, -0.15) is 0 Å². The zero-order chi connectivity index (χ0) is 13.8. The van der Waals surface area contributed by atoms with E-state index in [0.29, 0.717) is 6.04 Å². The highest BCUT2D eigenvalue weighted by molar-refractivity contribution is 5.70. The number of hydrogen-bond donors (Lipinski definition) is 2. The Labute approximate surface area is 115 Å². The van der Waals surface area contributed by atoms with Crippen molar-refractivity contribution in [3.63, 3.8) is 0 Å². The van der Waals surface area contributed by atoms with Crippen molar-refractivity contribution in [2.24, 2.45) is 5.92 Å². The van der Waals surface area contributed by atoms with E-state index in [0.717, 1.165) is 25.7 Å². The fourth-order valence-corrected chi connectivity index (χ4v) is 2.87. The maximum absolute atomic E-state index is 11.1. The Balaban J connectivity index is 1.93. The molecule has 1 saturated carbocycles. The van der Waals surface area contributed by atoms with E-state index in [4.69, 9.17) is 5.11 Å². The van der Waals surface area contributed by atoms with Gasteiger partial charge in [0.25, 0.3) is 0 Å². The lowest BCUT2D eigenvalue weighted by Crippen LogP contribution is -2.37. The minimum atomic E-state index is -0.644. The van der Waals surface area contributed by atoms with E-state index in [1.165, 1.54) is 11.1 Å². The summed E-state index contributed by atoms with van der Waals surface area (Å²) in [6, 6.07) is 9.13. The largest absolute Gasteiger partial charge is 0.481 e. The molecular formula is C16H23NO2. The van der Waals surface area contributed by atoms with Gasteiger partial charge in [-0.3, -0.25) is 4.79 Å². The van der Waals surface area contributed by atoms with Gasteiger partial charge < -0.3 is 10.4 Å². The van der Waals surface area contributed by atoms with Gasteiger partial charge in [-0.15, -0.1) is 0 Å². The van der Waals surface area contributed by atoms with Crippen molar-refractivity contribution in [1.29, 1.82) is 0 Å².